The molecule has 1 N–H and O–H groups in total. The van der Waals surface area contributed by atoms with E-state index in [0.29, 0.717) is 6.61 Å². The Kier molecular flexibility index (Phi) is 1.64. The van der Waals surface area contributed by atoms with Crippen LogP contribution >= 0.6 is 0 Å². The van der Waals surface area contributed by atoms with Crippen molar-refractivity contribution in [3.8, 4) is 0 Å². The van der Waals surface area contributed by atoms with E-state index in [1.807, 2.05) is 0 Å². The number of aliphatic hydroxyl groups excluding tert-OH is 1. The minimum Gasteiger partial charge on any atom is -0.382 e. The molecule has 0 bridgehead atoms. The van der Waals surface area contributed by atoms with Crippen molar-refractivity contribution in [1.82, 2.24) is 0 Å². The summed E-state index contributed by atoms with van der Waals surface area (Å²) in [5, 5.41) is 8.91. The van der Waals surface area contributed by atoms with Crippen LogP contribution in [0.15, 0.2) is 12.7 Å². The predicted molar refractivity (Wildman–Crippen MR) is 31.0 cm³/mol. The molecule has 3 nitrogen and oxygen atoms in total. The van der Waals surface area contributed by atoms with Crippen molar-refractivity contribution in [2.75, 3.05) is 6.61 Å². The largest absolute Gasteiger partial charge is 0.382 e. The molecule has 0 radical (unpaired) electrons. The second kappa shape index (κ2) is 2.29. The van der Waals surface area contributed by atoms with E-state index in [0.717, 1.165) is 6.08 Å². The van der Waals surface area contributed by atoms with E-state index in [-0.39, 0.29) is 11.9 Å². The molecule has 1 aliphatic rings. The quantitative estimate of drug-likeness (QED) is 0.412. The van der Waals surface area contributed by atoms with E-state index in [4.69, 9.17) is 5.11 Å². The first-order valence-corrected chi connectivity index (χ1v) is 2.71. The molecule has 1 heterocycles. The van der Waals surface area contributed by atoms with Gasteiger partial charge in [-0.2, -0.15) is 0 Å². The molecular weight excluding hydrogens is 120 g/mol. The molecule has 2 unspecified atom stereocenters. The first-order valence-electron chi connectivity index (χ1n) is 2.71. The first kappa shape index (κ1) is 6.45. The highest BCUT2D eigenvalue weighted by Gasteiger charge is 2.34. The molecule has 9 heavy (non-hydrogen) atoms. The summed E-state index contributed by atoms with van der Waals surface area (Å²) in [5.41, 5.74) is 0. The molecule has 0 aromatic heterocycles. The number of hydrogen-bond acceptors (Lipinski definition) is 3. The fourth-order valence-corrected chi connectivity index (χ4v) is 0.542. The van der Waals surface area contributed by atoms with Gasteiger partial charge >= 0.3 is 0 Å². The molecule has 0 aromatic carbocycles. The average Bonchev–Trinajstić information content (AvgIpc) is 2.66. The molecule has 3 heteroatoms. The topological polar surface area (TPSA) is 49.8 Å². The van der Waals surface area contributed by atoms with Gasteiger partial charge in [0.05, 0.1) is 6.61 Å². The van der Waals surface area contributed by atoms with E-state index in [9.17, 15) is 4.79 Å². The normalized spacial score (nSPS) is 27.0. The molecule has 0 aromatic rings. The van der Waals surface area contributed by atoms with Crippen molar-refractivity contribution in [1.29, 1.82) is 0 Å². The SMILES string of the molecule is C=CC(=O)C(O)C1CO1. The van der Waals surface area contributed by atoms with Crippen LogP contribution in [0.1, 0.15) is 0 Å². The number of aliphatic hydroxyl groups is 1. The molecule has 1 saturated heterocycles. The van der Waals surface area contributed by atoms with Crippen molar-refractivity contribution < 1.29 is 14.6 Å². The third-order valence-corrected chi connectivity index (χ3v) is 1.20. The minimum atomic E-state index is -0.984. The Balaban J connectivity index is 2.39. The molecule has 0 saturated carbocycles. The van der Waals surface area contributed by atoms with Gasteiger partial charge in [-0.25, -0.2) is 0 Å². The zero-order valence-corrected chi connectivity index (χ0v) is 4.91. The van der Waals surface area contributed by atoms with Crippen LogP contribution in [0.2, 0.25) is 0 Å². The Hall–Kier alpha value is -0.670. The van der Waals surface area contributed by atoms with Crippen LogP contribution in [-0.4, -0.2) is 29.7 Å². The van der Waals surface area contributed by atoms with Crippen molar-refractivity contribution in [3.05, 3.63) is 12.7 Å². The Morgan fingerprint density at radius 3 is 2.89 bits per heavy atom. The van der Waals surface area contributed by atoms with Crippen molar-refractivity contribution in [2.45, 2.75) is 12.2 Å². The lowest BCUT2D eigenvalue weighted by Gasteiger charge is -1.98. The van der Waals surface area contributed by atoms with Gasteiger partial charge in [-0.1, -0.05) is 6.58 Å². The number of rotatable bonds is 3. The van der Waals surface area contributed by atoms with Gasteiger partial charge in [0.15, 0.2) is 5.78 Å². The van der Waals surface area contributed by atoms with Crippen LogP contribution in [-0.2, 0) is 9.53 Å². The first-order chi connectivity index (χ1) is 4.25. The fraction of sp³-hybridized carbons (Fsp3) is 0.500. The number of ether oxygens (including phenoxy) is 1. The van der Waals surface area contributed by atoms with Crippen LogP contribution in [0.4, 0.5) is 0 Å². The monoisotopic (exact) mass is 128 g/mol. The summed E-state index contributed by atoms with van der Waals surface area (Å²) in [6.07, 6.45) is -0.148. The molecular formula is C6H8O3. The Bertz CT molecular complexity index is 137. The van der Waals surface area contributed by atoms with Crippen LogP contribution in [0.5, 0.6) is 0 Å². The molecule has 50 valence electrons. The second-order valence-electron chi connectivity index (χ2n) is 1.92. The summed E-state index contributed by atoms with van der Waals surface area (Å²) in [5.74, 6) is -0.363. The maximum absolute atomic E-state index is 10.5. The lowest BCUT2D eigenvalue weighted by atomic mass is 10.2. The Labute approximate surface area is 52.9 Å². The summed E-state index contributed by atoms with van der Waals surface area (Å²) in [7, 11) is 0. The predicted octanol–water partition coefficient (Wildman–Crippen LogP) is -0.499. The highest BCUT2D eigenvalue weighted by Crippen LogP contribution is 2.14. The van der Waals surface area contributed by atoms with Gasteiger partial charge in [-0.15, -0.1) is 0 Å². The zero-order chi connectivity index (χ0) is 6.85. The maximum Gasteiger partial charge on any atom is 0.186 e. The number of carbonyl (C=O) groups is 1. The Morgan fingerprint density at radius 1 is 2.00 bits per heavy atom. The van der Waals surface area contributed by atoms with E-state index >= 15 is 0 Å². The van der Waals surface area contributed by atoms with E-state index in [1.54, 1.807) is 0 Å². The maximum atomic E-state index is 10.5. The number of carbonyl (C=O) groups excluding carboxylic acids is 1. The summed E-state index contributed by atoms with van der Waals surface area (Å²) >= 11 is 0. The van der Waals surface area contributed by atoms with Crippen molar-refractivity contribution in [2.24, 2.45) is 0 Å². The van der Waals surface area contributed by atoms with E-state index in [2.05, 4.69) is 11.3 Å². The molecule has 2 atom stereocenters. The van der Waals surface area contributed by atoms with Crippen molar-refractivity contribution >= 4 is 5.78 Å². The second-order valence-corrected chi connectivity index (χ2v) is 1.92. The number of hydrogen-bond donors (Lipinski definition) is 1. The highest BCUT2D eigenvalue weighted by molar-refractivity contribution is 5.93. The molecule has 0 amide bonds. The zero-order valence-electron chi connectivity index (χ0n) is 4.91. The van der Waals surface area contributed by atoms with Gasteiger partial charge in [-0.3, -0.25) is 4.79 Å². The third-order valence-electron chi connectivity index (χ3n) is 1.20. The fourth-order valence-electron chi connectivity index (χ4n) is 0.542. The highest BCUT2D eigenvalue weighted by atomic mass is 16.6. The third kappa shape index (κ3) is 1.37. The van der Waals surface area contributed by atoms with Gasteiger partial charge in [0.25, 0.3) is 0 Å². The van der Waals surface area contributed by atoms with Crippen molar-refractivity contribution in [3.63, 3.8) is 0 Å². The molecule has 1 rings (SSSR count). The number of epoxide rings is 1. The van der Waals surface area contributed by atoms with Crippen LogP contribution in [0.3, 0.4) is 0 Å². The molecule has 0 aliphatic carbocycles. The van der Waals surface area contributed by atoms with Gasteiger partial charge < -0.3 is 9.84 Å². The smallest absolute Gasteiger partial charge is 0.186 e. The van der Waals surface area contributed by atoms with Crippen LogP contribution < -0.4 is 0 Å². The van der Waals surface area contributed by atoms with E-state index in [1.165, 1.54) is 0 Å². The molecule has 0 spiro atoms. The molecule has 1 fully saturated rings. The lowest BCUT2D eigenvalue weighted by Crippen LogP contribution is -2.23. The van der Waals surface area contributed by atoms with Gasteiger partial charge in [0, 0.05) is 0 Å². The lowest BCUT2D eigenvalue weighted by molar-refractivity contribution is -0.123. The number of ketones is 1. The average molecular weight is 128 g/mol. The summed E-state index contributed by atoms with van der Waals surface area (Å²) in [6, 6.07) is 0. The minimum absolute atomic E-state index is 0.268. The summed E-state index contributed by atoms with van der Waals surface area (Å²) in [4.78, 5) is 10.5. The summed E-state index contributed by atoms with van der Waals surface area (Å²) < 4.78 is 4.67. The van der Waals surface area contributed by atoms with Crippen LogP contribution in [0, 0.1) is 0 Å². The van der Waals surface area contributed by atoms with Crippen LogP contribution in [0.25, 0.3) is 0 Å². The van der Waals surface area contributed by atoms with E-state index < -0.39 is 6.10 Å². The van der Waals surface area contributed by atoms with Gasteiger partial charge in [-0.05, 0) is 6.08 Å². The molecule has 1 aliphatic heterocycles. The Morgan fingerprint density at radius 2 is 2.56 bits per heavy atom. The summed E-state index contributed by atoms with van der Waals surface area (Å²) in [6.45, 7) is 3.71. The standard InChI is InChI=1S/C6H8O3/c1-2-4(7)6(8)5-3-9-5/h2,5-6,8H,1,3H2. The van der Waals surface area contributed by atoms with Gasteiger partial charge in [0.1, 0.15) is 12.2 Å². The van der Waals surface area contributed by atoms with Gasteiger partial charge in [0.2, 0.25) is 0 Å².